The Balaban J connectivity index is 2.12. The summed E-state index contributed by atoms with van der Waals surface area (Å²) >= 11 is 5.93. The maximum Gasteiger partial charge on any atom is 0.252 e. The van der Waals surface area contributed by atoms with Gasteiger partial charge in [-0.3, -0.25) is 4.79 Å². The Morgan fingerprint density at radius 2 is 2.15 bits per heavy atom. The van der Waals surface area contributed by atoms with Crippen molar-refractivity contribution in [1.82, 2.24) is 5.32 Å². The second kappa shape index (κ2) is 5.71. The predicted octanol–water partition coefficient (Wildman–Crippen LogP) is 1.76. The van der Waals surface area contributed by atoms with Crippen LogP contribution in [0.25, 0.3) is 0 Å². The summed E-state index contributed by atoms with van der Waals surface area (Å²) in [5, 5.41) is 8.03. The highest BCUT2D eigenvalue weighted by atomic mass is 35.5. The molecule has 1 unspecified atom stereocenters. The summed E-state index contributed by atoms with van der Waals surface area (Å²) in [6, 6.07) is 3.84. The van der Waals surface area contributed by atoms with Crippen molar-refractivity contribution in [2.24, 2.45) is 17.0 Å². The predicted molar refractivity (Wildman–Crippen MR) is 77.0 cm³/mol. The second-order valence-electron chi connectivity index (χ2n) is 5.21. The van der Waals surface area contributed by atoms with E-state index < -0.39 is 10.0 Å². The van der Waals surface area contributed by atoms with Crippen LogP contribution in [0.1, 0.15) is 30.1 Å². The van der Waals surface area contributed by atoms with Gasteiger partial charge in [0.05, 0.1) is 15.5 Å². The molecule has 1 aromatic carbocycles. The molecule has 0 radical (unpaired) electrons. The molecule has 0 saturated heterocycles. The highest BCUT2D eigenvalue weighted by molar-refractivity contribution is 7.89. The third kappa shape index (κ3) is 3.71. The molecule has 1 aliphatic rings. The Hall–Kier alpha value is -1.11. The summed E-state index contributed by atoms with van der Waals surface area (Å²) in [6.07, 6.45) is 2.41. The fourth-order valence-electron chi connectivity index (χ4n) is 2.04. The molecule has 3 N–H and O–H groups in total. The summed E-state index contributed by atoms with van der Waals surface area (Å²) in [4.78, 5) is 11.9. The third-order valence-corrected chi connectivity index (χ3v) is 4.76. The van der Waals surface area contributed by atoms with Gasteiger partial charge < -0.3 is 5.32 Å². The van der Waals surface area contributed by atoms with Gasteiger partial charge in [0, 0.05) is 6.54 Å². The first kappa shape index (κ1) is 15.3. The van der Waals surface area contributed by atoms with Gasteiger partial charge >= 0.3 is 0 Å². The van der Waals surface area contributed by atoms with E-state index in [2.05, 4.69) is 12.2 Å². The topological polar surface area (TPSA) is 89.3 Å². The lowest BCUT2D eigenvalue weighted by Gasteiger charge is -2.12. The van der Waals surface area contributed by atoms with Crippen LogP contribution in [0.2, 0.25) is 5.02 Å². The van der Waals surface area contributed by atoms with Gasteiger partial charge in [0.15, 0.2) is 0 Å². The SMILES string of the molecule is CC(CNC(=O)c1cc(S(N)(=O)=O)ccc1Cl)C1CC1. The van der Waals surface area contributed by atoms with Crippen LogP contribution in [0.15, 0.2) is 23.1 Å². The molecule has 110 valence electrons. The molecule has 2 rings (SSSR count). The maximum absolute atomic E-state index is 12.1. The van der Waals surface area contributed by atoms with Crippen molar-refractivity contribution in [2.45, 2.75) is 24.7 Å². The summed E-state index contributed by atoms with van der Waals surface area (Å²) in [5.74, 6) is 0.716. The number of nitrogens with one attached hydrogen (secondary N) is 1. The Morgan fingerprint density at radius 3 is 2.70 bits per heavy atom. The number of benzene rings is 1. The minimum absolute atomic E-state index is 0.123. The van der Waals surface area contributed by atoms with Gasteiger partial charge in [-0.05, 0) is 42.9 Å². The summed E-state index contributed by atoms with van der Waals surface area (Å²) in [6.45, 7) is 2.64. The molecule has 0 heterocycles. The van der Waals surface area contributed by atoms with Crippen LogP contribution in [-0.2, 0) is 10.0 Å². The molecule has 1 atom stereocenters. The Bertz CT molecular complexity index is 627. The van der Waals surface area contributed by atoms with Crippen LogP contribution in [-0.4, -0.2) is 20.9 Å². The second-order valence-corrected chi connectivity index (χ2v) is 7.18. The zero-order valence-corrected chi connectivity index (χ0v) is 12.7. The van der Waals surface area contributed by atoms with Gasteiger partial charge in [-0.15, -0.1) is 0 Å². The van der Waals surface area contributed by atoms with Gasteiger partial charge in [0.1, 0.15) is 0 Å². The number of nitrogens with two attached hydrogens (primary N) is 1. The van der Waals surface area contributed by atoms with E-state index in [0.29, 0.717) is 18.4 Å². The molecule has 20 heavy (non-hydrogen) atoms. The average molecular weight is 317 g/mol. The molecule has 5 nitrogen and oxygen atoms in total. The van der Waals surface area contributed by atoms with E-state index in [1.165, 1.54) is 31.0 Å². The van der Waals surface area contributed by atoms with Gasteiger partial charge in [-0.25, -0.2) is 13.6 Å². The van der Waals surface area contributed by atoms with Crippen molar-refractivity contribution < 1.29 is 13.2 Å². The fourth-order valence-corrected chi connectivity index (χ4v) is 2.78. The zero-order valence-electron chi connectivity index (χ0n) is 11.1. The molecule has 0 bridgehead atoms. The molecule has 1 aromatic rings. The van der Waals surface area contributed by atoms with Crippen LogP contribution in [0.3, 0.4) is 0 Å². The van der Waals surface area contributed by atoms with E-state index in [0.717, 1.165) is 0 Å². The number of carbonyl (C=O) groups excluding carboxylic acids is 1. The van der Waals surface area contributed by atoms with Crippen molar-refractivity contribution in [2.75, 3.05) is 6.54 Å². The number of sulfonamides is 1. The highest BCUT2D eigenvalue weighted by Crippen LogP contribution is 2.36. The van der Waals surface area contributed by atoms with E-state index in [9.17, 15) is 13.2 Å². The first-order valence-corrected chi connectivity index (χ1v) is 8.32. The summed E-state index contributed by atoms with van der Waals surface area (Å²) in [7, 11) is -3.85. The molecule has 1 amide bonds. The molecule has 0 aromatic heterocycles. The third-order valence-electron chi connectivity index (χ3n) is 3.52. The minimum Gasteiger partial charge on any atom is -0.352 e. The van der Waals surface area contributed by atoms with E-state index in [1.54, 1.807) is 0 Å². The lowest BCUT2D eigenvalue weighted by molar-refractivity contribution is 0.0946. The fraction of sp³-hybridized carbons (Fsp3) is 0.462. The largest absolute Gasteiger partial charge is 0.352 e. The highest BCUT2D eigenvalue weighted by Gasteiger charge is 2.28. The molecule has 7 heteroatoms. The van der Waals surface area contributed by atoms with E-state index >= 15 is 0 Å². The van der Waals surface area contributed by atoms with Crippen molar-refractivity contribution in [3.63, 3.8) is 0 Å². The van der Waals surface area contributed by atoms with Crippen LogP contribution < -0.4 is 10.5 Å². The number of rotatable bonds is 5. The normalized spacial score (nSPS) is 16.8. The number of carbonyl (C=O) groups is 1. The van der Waals surface area contributed by atoms with Gasteiger partial charge in [0.25, 0.3) is 5.91 Å². The van der Waals surface area contributed by atoms with E-state index in [1.807, 2.05) is 0 Å². The van der Waals surface area contributed by atoms with Gasteiger partial charge in [-0.2, -0.15) is 0 Å². The average Bonchev–Trinajstić information content (AvgIpc) is 3.18. The first-order chi connectivity index (χ1) is 9.29. The first-order valence-electron chi connectivity index (χ1n) is 6.39. The molecule has 0 spiro atoms. The van der Waals surface area contributed by atoms with E-state index in [4.69, 9.17) is 16.7 Å². The van der Waals surface area contributed by atoms with Crippen molar-refractivity contribution in [1.29, 1.82) is 0 Å². The number of primary sulfonamides is 1. The van der Waals surface area contributed by atoms with Crippen molar-refractivity contribution in [3.05, 3.63) is 28.8 Å². The van der Waals surface area contributed by atoms with E-state index in [-0.39, 0.29) is 21.4 Å². The Labute approximate surface area is 123 Å². The molecule has 1 saturated carbocycles. The van der Waals surface area contributed by atoms with Crippen molar-refractivity contribution >= 4 is 27.5 Å². The molecular formula is C13H17ClN2O3S. The molecule has 0 aliphatic heterocycles. The maximum atomic E-state index is 12.1. The number of halogens is 1. The quantitative estimate of drug-likeness (QED) is 0.867. The van der Waals surface area contributed by atoms with Gasteiger partial charge in [-0.1, -0.05) is 18.5 Å². The molecule has 1 aliphatic carbocycles. The van der Waals surface area contributed by atoms with Crippen LogP contribution in [0, 0.1) is 11.8 Å². The Kier molecular flexibility index (Phi) is 4.36. The summed E-state index contributed by atoms with van der Waals surface area (Å²) < 4.78 is 22.6. The van der Waals surface area contributed by atoms with Crippen LogP contribution >= 0.6 is 11.6 Å². The van der Waals surface area contributed by atoms with Gasteiger partial charge in [0.2, 0.25) is 10.0 Å². The lowest BCUT2D eigenvalue weighted by Crippen LogP contribution is -2.29. The lowest BCUT2D eigenvalue weighted by atomic mass is 10.1. The Morgan fingerprint density at radius 1 is 1.50 bits per heavy atom. The number of amides is 1. The van der Waals surface area contributed by atoms with Crippen LogP contribution in [0.5, 0.6) is 0 Å². The smallest absolute Gasteiger partial charge is 0.252 e. The molecule has 1 fully saturated rings. The zero-order chi connectivity index (χ0) is 14.9. The monoisotopic (exact) mass is 316 g/mol. The van der Waals surface area contributed by atoms with Crippen LogP contribution in [0.4, 0.5) is 0 Å². The number of hydrogen-bond donors (Lipinski definition) is 2. The molecular weight excluding hydrogens is 300 g/mol. The minimum atomic E-state index is -3.85. The summed E-state index contributed by atoms with van der Waals surface area (Å²) in [5.41, 5.74) is 0.126. The van der Waals surface area contributed by atoms with Crippen molar-refractivity contribution in [3.8, 4) is 0 Å². The standard InChI is InChI=1S/C13H17ClN2O3S/c1-8(9-2-3-9)7-16-13(17)11-6-10(20(15,18)19)4-5-12(11)14/h4-6,8-9H,2-3,7H2,1H3,(H,16,17)(H2,15,18,19). The number of hydrogen-bond acceptors (Lipinski definition) is 3.